The highest BCUT2D eigenvalue weighted by atomic mass is 35.5. The Hall–Kier alpha value is -1.30. The predicted molar refractivity (Wildman–Crippen MR) is 72.2 cm³/mol. The Morgan fingerprint density at radius 3 is 2.68 bits per heavy atom. The zero-order valence-electron chi connectivity index (χ0n) is 10.6. The van der Waals surface area contributed by atoms with E-state index in [0.717, 1.165) is 5.56 Å². The van der Waals surface area contributed by atoms with Gasteiger partial charge in [-0.1, -0.05) is 29.3 Å². The molecular formula is C12H15Cl2N2O3+. The number of carbonyl (C=O) groups is 2. The van der Waals surface area contributed by atoms with E-state index in [1.54, 1.807) is 17.4 Å². The van der Waals surface area contributed by atoms with Gasteiger partial charge in [-0.3, -0.25) is 10.1 Å². The highest BCUT2D eigenvalue weighted by molar-refractivity contribution is 6.35. The number of alkyl carbamates (subject to hydrolysis) is 1. The van der Waals surface area contributed by atoms with Gasteiger partial charge in [0.1, 0.15) is 6.04 Å². The Kier molecular flexibility index (Phi) is 6.08. The monoisotopic (exact) mass is 305 g/mol. The number of imide groups is 1. The molecule has 1 aromatic carbocycles. The van der Waals surface area contributed by atoms with Crippen LogP contribution in [0, 0.1) is 0 Å². The van der Waals surface area contributed by atoms with Gasteiger partial charge in [0.05, 0.1) is 12.1 Å². The number of nitrogens with one attached hydrogen (secondary N) is 1. The summed E-state index contributed by atoms with van der Waals surface area (Å²) in [5, 5.41) is 4.94. The number of nitrogens with two attached hydrogens (primary N) is 1. The number of halogens is 2. The summed E-state index contributed by atoms with van der Waals surface area (Å²) in [5.41, 5.74) is 0.872. The molecule has 1 aromatic rings. The molecular weight excluding hydrogens is 291 g/mol. The van der Waals surface area contributed by atoms with Gasteiger partial charge in [0.15, 0.2) is 6.54 Å². The molecule has 5 nitrogen and oxygen atoms in total. The molecule has 2 amide bonds. The Morgan fingerprint density at radius 2 is 2.11 bits per heavy atom. The fourth-order valence-electron chi connectivity index (χ4n) is 1.50. The summed E-state index contributed by atoms with van der Waals surface area (Å²) < 4.78 is 4.32. The fourth-order valence-corrected chi connectivity index (χ4v) is 2.08. The van der Waals surface area contributed by atoms with Crippen molar-refractivity contribution >= 4 is 35.2 Å². The molecule has 0 saturated carbocycles. The fraction of sp³-hybridized carbons (Fsp3) is 0.333. The molecule has 0 saturated heterocycles. The first-order valence-electron chi connectivity index (χ1n) is 5.60. The maximum absolute atomic E-state index is 11.4. The van der Waals surface area contributed by atoms with Crippen molar-refractivity contribution in [3.05, 3.63) is 33.8 Å². The van der Waals surface area contributed by atoms with Gasteiger partial charge >= 0.3 is 6.09 Å². The highest BCUT2D eigenvalue weighted by Gasteiger charge is 2.16. The number of hydrogen-bond acceptors (Lipinski definition) is 3. The topological polar surface area (TPSA) is 72.0 Å². The third-order valence-electron chi connectivity index (χ3n) is 2.54. The van der Waals surface area contributed by atoms with Crippen LogP contribution in [0.1, 0.15) is 18.5 Å². The van der Waals surface area contributed by atoms with Crippen LogP contribution in [0.3, 0.4) is 0 Å². The van der Waals surface area contributed by atoms with Crippen molar-refractivity contribution < 1.29 is 19.6 Å². The van der Waals surface area contributed by atoms with Crippen LogP contribution in [0.2, 0.25) is 10.0 Å². The third kappa shape index (κ3) is 5.06. The summed E-state index contributed by atoms with van der Waals surface area (Å²) in [5.74, 6) is -0.427. The second-order valence-electron chi connectivity index (χ2n) is 3.93. The number of carbonyl (C=O) groups excluding carboxylic acids is 2. The molecule has 0 radical (unpaired) electrons. The van der Waals surface area contributed by atoms with Crippen LogP contribution in [0.4, 0.5) is 4.79 Å². The van der Waals surface area contributed by atoms with Gasteiger partial charge in [0, 0.05) is 10.6 Å². The summed E-state index contributed by atoms with van der Waals surface area (Å²) in [6.45, 7) is 2.00. The Labute approximate surface area is 121 Å². The van der Waals surface area contributed by atoms with E-state index in [1.807, 2.05) is 13.0 Å². The Morgan fingerprint density at radius 1 is 1.42 bits per heavy atom. The van der Waals surface area contributed by atoms with E-state index < -0.39 is 12.0 Å². The average molecular weight is 306 g/mol. The van der Waals surface area contributed by atoms with Crippen LogP contribution in [0.25, 0.3) is 0 Å². The van der Waals surface area contributed by atoms with Crippen molar-refractivity contribution in [3.8, 4) is 0 Å². The smallest absolute Gasteiger partial charge is 0.413 e. The summed E-state index contributed by atoms with van der Waals surface area (Å²) in [6, 6.07) is 5.16. The molecule has 0 fully saturated rings. The highest BCUT2D eigenvalue weighted by Crippen LogP contribution is 2.24. The number of methoxy groups -OCH3 is 1. The molecule has 0 heterocycles. The van der Waals surface area contributed by atoms with E-state index in [0.29, 0.717) is 10.0 Å². The van der Waals surface area contributed by atoms with Gasteiger partial charge in [-0.2, -0.15) is 0 Å². The third-order valence-corrected chi connectivity index (χ3v) is 3.10. The van der Waals surface area contributed by atoms with Gasteiger partial charge in [-0.05, 0) is 19.1 Å². The van der Waals surface area contributed by atoms with E-state index in [-0.39, 0.29) is 12.6 Å². The van der Waals surface area contributed by atoms with Crippen molar-refractivity contribution in [1.29, 1.82) is 0 Å². The van der Waals surface area contributed by atoms with Crippen LogP contribution in [-0.4, -0.2) is 25.7 Å². The maximum Gasteiger partial charge on any atom is 0.413 e. The lowest BCUT2D eigenvalue weighted by atomic mass is 10.1. The molecule has 1 rings (SSSR count). The summed E-state index contributed by atoms with van der Waals surface area (Å²) in [7, 11) is 1.20. The summed E-state index contributed by atoms with van der Waals surface area (Å²) >= 11 is 11.9. The lowest BCUT2D eigenvalue weighted by Gasteiger charge is -2.12. The van der Waals surface area contributed by atoms with E-state index >= 15 is 0 Å². The minimum absolute atomic E-state index is 0.0341. The molecule has 104 valence electrons. The largest absolute Gasteiger partial charge is 0.453 e. The Bertz CT molecular complexity index is 480. The number of benzene rings is 1. The standard InChI is InChI=1S/C12H14Cl2N2O3/c1-7(9-4-3-8(13)5-10(9)14)15-6-11(17)16-12(18)19-2/h3-5,7,15H,6H2,1-2H3,(H,16,17,18)/p+1/t7-/m1/s1. The minimum Gasteiger partial charge on any atom is -0.453 e. The molecule has 0 bridgehead atoms. The lowest BCUT2D eigenvalue weighted by Crippen LogP contribution is -2.87. The van der Waals surface area contributed by atoms with Crippen molar-refractivity contribution in [1.82, 2.24) is 5.32 Å². The van der Waals surface area contributed by atoms with Crippen molar-refractivity contribution in [2.75, 3.05) is 13.7 Å². The minimum atomic E-state index is -0.768. The van der Waals surface area contributed by atoms with E-state index in [2.05, 4.69) is 10.1 Å². The molecule has 1 atom stereocenters. The maximum atomic E-state index is 11.4. The number of amides is 2. The predicted octanol–water partition coefficient (Wildman–Crippen LogP) is 1.50. The van der Waals surface area contributed by atoms with Gasteiger partial charge < -0.3 is 10.1 Å². The van der Waals surface area contributed by atoms with Crippen molar-refractivity contribution in [2.24, 2.45) is 0 Å². The van der Waals surface area contributed by atoms with Crippen molar-refractivity contribution in [2.45, 2.75) is 13.0 Å². The Balaban J connectivity index is 2.53. The second kappa shape index (κ2) is 7.33. The average Bonchev–Trinajstić information content (AvgIpc) is 2.35. The number of quaternary nitrogens is 1. The molecule has 19 heavy (non-hydrogen) atoms. The van der Waals surface area contributed by atoms with Crippen LogP contribution >= 0.6 is 23.2 Å². The molecule has 0 aliphatic rings. The zero-order chi connectivity index (χ0) is 14.4. The van der Waals surface area contributed by atoms with E-state index in [4.69, 9.17) is 23.2 Å². The van der Waals surface area contributed by atoms with E-state index in [9.17, 15) is 9.59 Å². The van der Waals surface area contributed by atoms with Gasteiger partial charge in [0.25, 0.3) is 5.91 Å². The molecule has 3 N–H and O–H groups in total. The molecule has 0 aliphatic carbocycles. The lowest BCUT2D eigenvalue weighted by molar-refractivity contribution is -0.682. The summed E-state index contributed by atoms with van der Waals surface area (Å²) in [6.07, 6.45) is -0.768. The first-order chi connectivity index (χ1) is 8.93. The van der Waals surface area contributed by atoms with Crippen LogP contribution in [0.5, 0.6) is 0 Å². The zero-order valence-corrected chi connectivity index (χ0v) is 12.1. The van der Waals surface area contributed by atoms with Gasteiger partial charge in [-0.25, -0.2) is 4.79 Å². The first kappa shape index (κ1) is 15.8. The number of ether oxygens (including phenoxy) is 1. The van der Waals surface area contributed by atoms with Gasteiger partial charge in [0.2, 0.25) is 0 Å². The molecule has 7 heteroatoms. The molecule has 0 aliphatic heterocycles. The normalized spacial score (nSPS) is 11.8. The molecule has 0 aromatic heterocycles. The second-order valence-corrected chi connectivity index (χ2v) is 4.78. The van der Waals surface area contributed by atoms with Crippen LogP contribution < -0.4 is 10.6 Å². The van der Waals surface area contributed by atoms with Crippen LogP contribution in [-0.2, 0) is 9.53 Å². The first-order valence-corrected chi connectivity index (χ1v) is 6.35. The number of rotatable bonds is 4. The summed E-state index contributed by atoms with van der Waals surface area (Å²) in [4.78, 5) is 22.2. The molecule has 0 unspecified atom stereocenters. The van der Waals surface area contributed by atoms with Gasteiger partial charge in [-0.15, -0.1) is 0 Å². The number of hydrogen-bond donors (Lipinski definition) is 2. The quantitative estimate of drug-likeness (QED) is 0.885. The molecule has 0 spiro atoms. The SMILES string of the molecule is COC(=O)NC(=O)C[NH2+][C@H](C)c1ccc(Cl)cc1Cl. The van der Waals surface area contributed by atoms with Crippen molar-refractivity contribution in [3.63, 3.8) is 0 Å². The van der Waals surface area contributed by atoms with E-state index in [1.165, 1.54) is 7.11 Å². The van der Waals surface area contributed by atoms with Crippen LogP contribution in [0.15, 0.2) is 18.2 Å².